The Hall–Kier alpha value is -3.86. The molecule has 0 unspecified atom stereocenters. The average molecular weight is 613 g/mol. The first-order valence-corrected chi connectivity index (χ1v) is 15.0. The van der Waals surface area contributed by atoms with Crippen molar-refractivity contribution in [3.8, 4) is 34.6 Å². The number of phenolic OH excluding ortho intramolecular Hbond substituents is 1. The van der Waals surface area contributed by atoms with E-state index in [1.807, 2.05) is 0 Å². The van der Waals surface area contributed by atoms with Gasteiger partial charge < -0.3 is 30.5 Å². The first-order valence-electron chi connectivity index (χ1n) is 15.0. The van der Waals surface area contributed by atoms with Crippen LogP contribution in [-0.2, 0) is 9.53 Å². The van der Waals surface area contributed by atoms with Crippen LogP contribution in [0.15, 0.2) is 30.6 Å². The smallest absolute Gasteiger partial charge is 0.491 e. The molecule has 1 aromatic carbocycles. The predicted molar refractivity (Wildman–Crippen MR) is 156 cm³/mol. The first kappa shape index (κ1) is 30.2. The van der Waals surface area contributed by atoms with Crippen LogP contribution < -0.4 is 15.8 Å². The Balaban J connectivity index is 1.05. The number of alkyl halides is 3. The summed E-state index contributed by atoms with van der Waals surface area (Å²) in [6.07, 6.45) is 6.08. The third kappa shape index (κ3) is 6.77. The Labute approximate surface area is 252 Å². The Morgan fingerprint density at radius 1 is 1.09 bits per heavy atom. The van der Waals surface area contributed by atoms with Gasteiger partial charge in [-0.25, -0.2) is 9.78 Å². The molecule has 4 heterocycles. The molecule has 0 amide bonds. The number of esters is 1. The second-order valence-electron chi connectivity index (χ2n) is 11.7. The number of phenols is 1. The zero-order chi connectivity index (χ0) is 30.8. The molecule has 0 radical (unpaired) electrons. The van der Waals surface area contributed by atoms with Crippen LogP contribution in [0.4, 0.5) is 19.0 Å². The maximum Gasteiger partial charge on any atom is 0.491 e. The summed E-state index contributed by atoms with van der Waals surface area (Å²) in [5, 5.41) is 13.8. The number of nitrogens with zero attached hydrogens (tertiary/aromatic N) is 4. The fraction of sp³-hybridized carbons (Fsp3) is 0.516. The number of nitrogens with two attached hydrogens (primary N) is 1. The molecule has 1 saturated carbocycles. The van der Waals surface area contributed by atoms with Crippen molar-refractivity contribution in [1.29, 1.82) is 0 Å². The maximum absolute atomic E-state index is 12.8. The second kappa shape index (κ2) is 12.6. The van der Waals surface area contributed by atoms with Crippen LogP contribution in [-0.4, -0.2) is 80.9 Å². The fourth-order valence-electron chi connectivity index (χ4n) is 6.13. The highest BCUT2D eigenvalue weighted by molar-refractivity contribution is 5.83. The van der Waals surface area contributed by atoms with Crippen molar-refractivity contribution in [1.82, 2.24) is 24.6 Å². The number of fused-ring (bicyclic) bond motifs is 1. The van der Waals surface area contributed by atoms with Crippen molar-refractivity contribution in [2.24, 2.45) is 5.92 Å². The van der Waals surface area contributed by atoms with E-state index >= 15 is 0 Å². The van der Waals surface area contributed by atoms with Crippen LogP contribution in [0.1, 0.15) is 50.5 Å². The number of anilines is 1. The number of halogens is 3. The molecule has 0 atom stereocenters. The molecule has 13 heteroatoms. The monoisotopic (exact) mass is 612 g/mol. The van der Waals surface area contributed by atoms with Crippen molar-refractivity contribution in [2.45, 2.75) is 69.4 Å². The Morgan fingerprint density at radius 2 is 1.84 bits per heavy atom. The molecular weight excluding hydrogens is 577 g/mol. The van der Waals surface area contributed by atoms with Gasteiger partial charge in [-0.15, -0.1) is 0 Å². The maximum atomic E-state index is 12.8. The summed E-state index contributed by atoms with van der Waals surface area (Å²) in [6.45, 7) is 4.24. The Morgan fingerprint density at radius 3 is 2.57 bits per heavy atom. The molecular formula is C31H35F3N6O4. The molecule has 6 rings (SSSR count). The zero-order valence-electron chi connectivity index (χ0n) is 24.1. The number of aromatic hydroxyl groups is 1. The number of aromatic nitrogens is 3. The summed E-state index contributed by atoms with van der Waals surface area (Å²) >= 11 is 0. The van der Waals surface area contributed by atoms with E-state index in [-0.39, 0.29) is 22.9 Å². The number of nitrogen functional groups attached to an aromatic ring is 1. The van der Waals surface area contributed by atoms with Gasteiger partial charge in [-0.1, -0.05) is 17.9 Å². The minimum absolute atomic E-state index is 0.0486. The van der Waals surface area contributed by atoms with Crippen molar-refractivity contribution in [3.63, 3.8) is 0 Å². The summed E-state index contributed by atoms with van der Waals surface area (Å²) in [5.74, 6) is 3.83. The summed E-state index contributed by atoms with van der Waals surface area (Å²) in [7, 11) is 0. The van der Waals surface area contributed by atoms with Gasteiger partial charge in [-0.05, 0) is 82.8 Å². The van der Waals surface area contributed by atoms with Gasteiger partial charge in [0.15, 0.2) is 0 Å². The van der Waals surface area contributed by atoms with Crippen LogP contribution >= 0.6 is 0 Å². The molecule has 44 heavy (non-hydrogen) atoms. The number of ether oxygens (including phenoxy) is 2. The number of benzene rings is 1. The standard InChI is InChI=1S/C31H35F3N6O4/c32-31(33,34)29(42)44-26-6-2-5-25(41)27(26)24-18-40-17-20(28(35)38-30(40)37-24)4-1-3-19-9-13-39(14-10-19)21-15-23(16-21)43-22-7-11-36-12-8-22/h2,5-6,17-19,21-23,36,41H,3,7-16H2,(H2,35,37,38). The van der Waals surface area contributed by atoms with Gasteiger partial charge in [0.2, 0.25) is 5.78 Å². The van der Waals surface area contributed by atoms with Crippen molar-refractivity contribution in [3.05, 3.63) is 36.2 Å². The molecule has 0 spiro atoms. The van der Waals surface area contributed by atoms with Gasteiger partial charge in [0.05, 0.1) is 29.0 Å². The molecule has 1 aliphatic carbocycles. The summed E-state index contributed by atoms with van der Waals surface area (Å²) in [5.41, 5.74) is 6.49. The molecule has 2 aromatic heterocycles. The van der Waals surface area contributed by atoms with Gasteiger partial charge in [0.25, 0.3) is 0 Å². The zero-order valence-corrected chi connectivity index (χ0v) is 24.1. The van der Waals surface area contributed by atoms with Crippen LogP contribution in [0.3, 0.4) is 0 Å². The van der Waals surface area contributed by atoms with Gasteiger partial charge in [-0.3, -0.25) is 4.40 Å². The highest BCUT2D eigenvalue weighted by Crippen LogP contribution is 2.38. The quantitative estimate of drug-likeness (QED) is 0.216. The summed E-state index contributed by atoms with van der Waals surface area (Å²) < 4.78 is 50.7. The highest BCUT2D eigenvalue weighted by Gasteiger charge is 2.42. The number of rotatable bonds is 6. The topological polar surface area (TPSA) is 127 Å². The number of hydrogen-bond acceptors (Lipinski definition) is 9. The molecule has 2 saturated heterocycles. The van der Waals surface area contributed by atoms with E-state index in [1.165, 1.54) is 22.7 Å². The van der Waals surface area contributed by atoms with E-state index in [4.69, 9.17) is 10.5 Å². The number of carbonyl (C=O) groups excluding carboxylic acids is 1. The molecule has 3 aromatic rings. The number of imidazole rings is 1. The third-order valence-corrected chi connectivity index (χ3v) is 8.69. The van der Waals surface area contributed by atoms with E-state index in [0.29, 0.717) is 29.7 Å². The lowest BCUT2D eigenvalue weighted by Gasteiger charge is -2.46. The molecule has 0 bridgehead atoms. The second-order valence-corrected chi connectivity index (χ2v) is 11.7. The lowest BCUT2D eigenvalue weighted by Crippen LogP contribution is -2.52. The first-order chi connectivity index (χ1) is 21.1. The number of carbonyl (C=O) groups is 1. The van der Waals surface area contributed by atoms with Crippen LogP contribution in [0.2, 0.25) is 0 Å². The lowest BCUT2D eigenvalue weighted by atomic mass is 9.84. The summed E-state index contributed by atoms with van der Waals surface area (Å²) in [6, 6.07) is 4.27. The highest BCUT2D eigenvalue weighted by atomic mass is 19.4. The SMILES string of the molecule is Nc1nc2nc(-c3c(O)cccc3OC(=O)C(F)(F)F)cn2cc1C#CCC1CCN(C2CC(OC3CCNCC3)C2)CC1. The number of hydrogen-bond donors (Lipinski definition) is 3. The number of likely N-dealkylation sites (tertiary alicyclic amines) is 1. The fourth-order valence-corrected chi connectivity index (χ4v) is 6.13. The van der Waals surface area contributed by atoms with Gasteiger partial charge in [0, 0.05) is 24.9 Å². The minimum Gasteiger partial charge on any atom is -0.507 e. The van der Waals surface area contributed by atoms with Gasteiger partial charge in [0.1, 0.15) is 17.3 Å². The van der Waals surface area contributed by atoms with Crippen LogP contribution in [0.25, 0.3) is 17.0 Å². The molecule has 234 valence electrons. The van der Waals surface area contributed by atoms with E-state index in [1.54, 1.807) is 6.20 Å². The van der Waals surface area contributed by atoms with Crippen LogP contribution in [0, 0.1) is 17.8 Å². The van der Waals surface area contributed by atoms with E-state index < -0.39 is 23.6 Å². The average Bonchev–Trinajstić information content (AvgIpc) is 3.37. The molecule has 10 nitrogen and oxygen atoms in total. The van der Waals surface area contributed by atoms with Crippen molar-refractivity contribution in [2.75, 3.05) is 31.9 Å². The van der Waals surface area contributed by atoms with Crippen LogP contribution in [0.5, 0.6) is 11.5 Å². The number of piperidine rings is 2. The Bertz CT molecular complexity index is 1560. The summed E-state index contributed by atoms with van der Waals surface area (Å²) in [4.78, 5) is 22.6. The van der Waals surface area contributed by atoms with Gasteiger partial charge in [-0.2, -0.15) is 18.2 Å². The normalized spacial score (nSPS) is 21.9. The predicted octanol–water partition coefficient (Wildman–Crippen LogP) is 3.91. The van der Waals surface area contributed by atoms with E-state index in [0.717, 1.165) is 77.2 Å². The largest absolute Gasteiger partial charge is 0.507 e. The van der Waals surface area contributed by atoms with Crippen molar-refractivity contribution < 1.29 is 32.5 Å². The molecule has 3 fully saturated rings. The third-order valence-electron chi connectivity index (χ3n) is 8.69. The van der Waals surface area contributed by atoms with E-state index in [9.17, 15) is 23.1 Å². The Kier molecular flexibility index (Phi) is 8.66. The van der Waals surface area contributed by atoms with Crippen molar-refractivity contribution >= 4 is 17.6 Å². The van der Waals surface area contributed by atoms with E-state index in [2.05, 4.69) is 36.8 Å². The molecule has 3 aliphatic rings. The minimum atomic E-state index is -5.20. The molecule has 4 N–H and O–H groups in total. The van der Waals surface area contributed by atoms with Gasteiger partial charge >= 0.3 is 12.1 Å². The molecule has 2 aliphatic heterocycles. The lowest BCUT2D eigenvalue weighted by molar-refractivity contribution is -0.189. The number of nitrogens with one attached hydrogen (secondary N) is 1.